The van der Waals surface area contributed by atoms with E-state index in [0.717, 1.165) is 0 Å². The predicted octanol–water partition coefficient (Wildman–Crippen LogP) is -0.278. The highest BCUT2D eigenvalue weighted by molar-refractivity contribution is 5.42. The van der Waals surface area contributed by atoms with Gasteiger partial charge in [-0.3, -0.25) is 0 Å². The van der Waals surface area contributed by atoms with E-state index in [4.69, 9.17) is 0 Å². The van der Waals surface area contributed by atoms with Gasteiger partial charge in [-0.25, -0.2) is 9.61 Å². The van der Waals surface area contributed by atoms with Crippen LogP contribution in [-0.2, 0) is 0 Å². The van der Waals surface area contributed by atoms with Gasteiger partial charge in [0.05, 0.1) is 6.20 Å². The maximum Gasteiger partial charge on any atom is 0.206 e. The highest BCUT2D eigenvalue weighted by Crippen LogP contribution is 2.04. The standard InChI is InChI=1S/C5H2N5O/c1-2-7-9-5(6-1)4-3-8-11-10-4/h1-2H. The molecule has 53 valence electrons. The third kappa shape index (κ3) is 1.05. The molecular weight excluding hydrogens is 146 g/mol. The Morgan fingerprint density at radius 2 is 2.36 bits per heavy atom. The van der Waals surface area contributed by atoms with Crippen LogP contribution in [0.2, 0.25) is 0 Å². The van der Waals surface area contributed by atoms with Crippen LogP contribution in [0.25, 0.3) is 11.5 Å². The van der Waals surface area contributed by atoms with Gasteiger partial charge in [0.15, 0.2) is 11.9 Å². The Kier molecular flexibility index (Phi) is 1.29. The fourth-order valence-corrected chi connectivity index (χ4v) is 0.592. The summed E-state index contributed by atoms with van der Waals surface area (Å²) in [6, 6.07) is 0. The Morgan fingerprint density at radius 1 is 1.36 bits per heavy atom. The van der Waals surface area contributed by atoms with Gasteiger partial charge in [-0.05, 0) is 10.3 Å². The first kappa shape index (κ1) is 5.90. The lowest BCUT2D eigenvalue weighted by Crippen LogP contribution is -1.89. The summed E-state index contributed by atoms with van der Waals surface area (Å²) in [4.78, 5) is 3.85. The average molecular weight is 148 g/mol. The monoisotopic (exact) mass is 148 g/mol. The van der Waals surface area contributed by atoms with Crippen molar-refractivity contribution in [3.05, 3.63) is 18.6 Å². The van der Waals surface area contributed by atoms with E-state index in [9.17, 15) is 0 Å². The molecule has 1 radical (unpaired) electrons. The van der Waals surface area contributed by atoms with Gasteiger partial charge >= 0.3 is 0 Å². The van der Waals surface area contributed by atoms with E-state index < -0.39 is 0 Å². The summed E-state index contributed by atoms with van der Waals surface area (Å²) >= 11 is 0. The molecule has 0 fully saturated rings. The van der Waals surface area contributed by atoms with Crippen molar-refractivity contribution in [1.29, 1.82) is 0 Å². The Bertz CT molecular complexity index is 318. The minimum Gasteiger partial charge on any atom is -0.243 e. The van der Waals surface area contributed by atoms with Gasteiger partial charge in [-0.2, -0.15) is 5.10 Å². The van der Waals surface area contributed by atoms with Gasteiger partial charge in [-0.15, -0.1) is 5.10 Å². The van der Waals surface area contributed by atoms with Crippen molar-refractivity contribution in [3.8, 4) is 11.5 Å². The van der Waals surface area contributed by atoms with E-state index in [1.807, 2.05) is 0 Å². The second-order valence-corrected chi connectivity index (χ2v) is 1.69. The third-order valence-corrected chi connectivity index (χ3v) is 1.02. The molecule has 0 saturated carbocycles. The Balaban J connectivity index is 2.46. The second kappa shape index (κ2) is 2.41. The van der Waals surface area contributed by atoms with Crippen molar-refractivity contribution in [2.75, 3.05) is 0 Å². The molecule has 0 N–H and O–H groups in total. The first-order valence-corrected chi connectivity index (χ1v) is 2.81. The molecule has 0 saturated heterocycles. The zero-order chi connectivity index (χ0) is 7.52. The molecule has 0 amide bonds. The van der Waals surface area contributed by atoms with Crippen molar-refractivity contribution in [2.45, 2.75) is 0 Å². The summed E-state index contributed by atoms with van der Waals surface area (Å²) in [7, 11) is 0. The maximum atomic E-state index is 4.31. The molecule has 0 aromatic carbocycles. The quantitative estimate of drug-likeness (QED) is 0.553. The topological polar surface area (TPSA) is 77.6 Å². The van der Waals surface area contributed by atoms with Crippen LogP contribution in [0, 0.1) is 6.20 Å². The first-order valence-electron chi connectivity index (χ1n) is 2.81. The number of rotatable bonds is 1. The van der Waals surface area contributed by atoms with E-state index in [-0.39, 0.29) is 0 Å². The third-order valence-electron chi connectivity index (χ3n) is 1.02. The highest BCUT2D eigenvalue weighted by Gasteiger charge is 2.04. The summed E-state index contributed by atoms with van der Waals surface area (Å²) in [6.07, 6.45) is 5.43. The fraction of sp³-hybridized carbons (Fsp3) is 0. The minimum atomic E-state index is 0.355. The van der Waals surface area contributed by atoms with E-state index in [1.165, 1.54) is 12.4 Å². The lowest BCUT2D eigenvalue weighted by molar-refractivity contribution is 0.307. The van der Waals surface area contributed by atoms with Crippen LogP contribution in [0.3, 0.4) is 0 Å². The van der Waals surface area contributed by atoms with Crippen LogP contribution < -0.4 is 0 Å². The Morgan fingerprint density at radius 3 is 3.00 bits per heavy atom. The van der Waals surface area contributed by atoms with Gasteiger partial charge in [0.1, 0.15) is 0 Å². The molecule has 0 bridgehead atoms. The second-order valence-electron chi connectivity index (χ2n) is 1.69. The number of nitrogens with zero attached hydrogens (tertiary/aromatic N) is 5. The van der Waals surface area contributed by atoms with Gasteiger partial charge in [-0.1, -0.05) is 0 Å². The minimum absolute atomic E-state index is 0.355. The van der Waals surface area contributed by atoms with Crippen molar-refractivity contribution >= 4 is 0 Å². The van der Waals surface area contributed by atoms with E-state index in [1.54, 1.807) is 0 Å². The average Bonchev–Trinajstić information content (AvgIpc) is 2.58. The molecule has 6 nitrogen and oxygen atoms in total. The maximum absolute atomic E-state index is 4.31. The highest BCUT2D eigenvalue weighted by atomic mass is 16.6. The fourth-order valence-electron chi connectivity index (χ4n) is 0.592. The summed E-state index contributed by atoms with van der Waals surface area (Å²) in [5.74, 6) is 0.355. The lowest BCUT2D eigenvalue weighted by Gasteiger charge is -1.85. The predicted molar refractivity (Wildman–Crippen MR) is 32.0 cm³/mol. The van der Waals surface area contributed by atoms with Crippen LogP contribution in [0.15, 0.2) is 17.0 Å². The molecule has 0 atom stereocenters. The molecule has 2 aromatic heterocycles. The molecule has 2 heterocycles. The number of aromatic nitrogens is 5. The van der Waals surface area contributed by atoms with Gasteiger partial charge in [0.2, 0.25) is 5.82 Å². The van der Waals surface area contributed by atoms with Crippen LogP contribution in [0.5, 0.6) is 0 Å². The van der Waals surface area contributed by atoms with Crippen molar-refractivity contribution in [3.63, 3.8) is 0 Å². The Labute approximate surface area is 61.3 Å². The molecule has 11 heavy (non-hydrogen) atoms. The summed E-state index contributed by atoms with van der Waals surface area (Å²) in [6.45, 7) is 0. The largest absolute Gasteiger partial charge is 0.243 e. The molecule has 0 spiro atoms. The molecule has 0 aliphatic rings. The van der Waals surface area contributed by atoms with Crippen LogP contribution >= 0.6 is 0 Å². The normalized spacial score (nSPS) is 9.82. The molecule has 2 rings (SSSR count). The van der Waals surface area contributed by atoms with Crippen molar-refractivity contribution in [1.82, 2.24) is 25.5 Å². The van der Waals surface area contributed by atoms with Crippen molar-refractivity contribution < 1.29 is 4.63 Å². The molecular formula is C5H2N5O. The van der Waals surface area contributed by atoms with Gasteiger partial charge < -0.3 is 0 Å². The van der Waals surface area contributed by atoms with Crippen molar-refractivity contribution in [2.24, 2.45) is 0 Å². The lowest BCUT2D eigenvalue weighted by atomic mass is 10.4. The van der Waals surface area contributed by atoms with Crippen LogP contribution in [0.4, 0.5) is 0 Å². The van der Waals surface area contributed by atoms with Crippen LogP contribution in [-0.4, -0.2) is 25.5 Å². The first-order chi connectivity index (χ1) is 5.47. The molecule has 0 aliphatic carbocycles. The van der Waals surface area contributed by atoms with Gasteiger partial charge in [0.25, 0.3) is 0 Å². The SMILES string of the molecule is [c]1nonc1-c1nccnn1. The number of hydrogen-bond acceptors (Lipinski definition) is 6. The van der Waals surface area contributed by atoms with Gasteiger partial charge in [0, 0.05) is 6.20 Å². The molecule has 0 aliphatic heterocycles. The van der Waals surface area contributed by atoms with E-state index in [2.05, 4.69) is 36.3 Å². The van der Waals surface area contributed by atoms with Crippen LogP contribution in [0.1, 0.15) is 0 Å². The number of hydrogen-bond donors (Lipinski definition) is 0. The molecule has 6 heteroatoms. The smallest absolute Gasteiger partial charge is 0.206 e. The summed E-state index contributed by atoms with van der Waals surface area (Å²) < 4.78 is 4.31. The summed E-state index contributed by atoms with van der Waals surface area (Å²) in [5.41, 5.74) is 0.359. The zero-order valence-electron chi connectivity index (χ0n) is 5.30. The zero-order valence-corrected chi connectivity index (χ0v) is 5.30. The molecule has 2 aromatic rings. The molecule has 0 unspecified atom stereocenters. The summed E-state index contributed by atoms with van der Waals surface area (Å²) in [5, 5.41) is 14.0. The van der Waals surface area contributed by atoms with E-state index in [0.29, 0.717) is 11.5 Å². The Hall–Kier alpha value is -1.85. The van der Waals surface area contributed by atoms with E-state index >= 15 is 0 Å².